The first-order valence-corrected chi connectivity index (χ1v) is 9.77. The smallest absolute Gasteiger partial charge is 0.262 e. The molecule has 3 aromatic rings. The number of halogens is 2. The predicted octanol–water partition coefficient (Wildman–Crippen LogP) is 4.80. The fourth-order valence-corrected chi connectivity index (χ4v) is 3.61. The van der Waals surface area contributed by atoms with Crippen molar-refractivity contribution in [2.45, 2.75) is 36.7 Å². The van der Waals surface area contributed by atoms with Crippen LogP contribution >= 0.6 is 39.3 Å². The van der Waals surface area contributed by atoms with Gasteiger partial charge in [-0.05, 0) is 40.4 Å². The summed E-state index contributed by atoms with van der Waals surface area (Å²) < 4.78 is 2.29. The minimum absolute atomic E-state index is 0.111. The van der Waals surface area contributed by atoms with Crippen LogP contribution in [0.1, 0.15) is 20.3 Å². The molecule has 2 aromatic heterocycles. The first-order valence-electron chi connectivity index (χ1n) is 7.78. The summed E-state index contributed by atoms with van der Waals surface area (Å²) in [7, 11) is 0. The average molecular weight is 440 g/mol. The third-order valence-electron chi connectivity index (χ3n) is 3.65. The Morgan fingerprint density at radius 1 is 1.24 bits per heavy atom. The Hall–Kier alpha value is -1.44. The molecule has 0 saturated carbocycles. The number of nitrogens with zero attached hydrogens (tertiary/aromatic N) is 4. The summed E-state index contributed by atoms with van der Waals surface area (Å²) in [4.78, 5) is 26.4. The summed E-state index contributed by atoms with van der Waals surface area (Å²) in [5.41, 5.74) is 0.488. The van der Waals surface area contributed by atoms with Crippen LogP contribution in [0.25, 0.3) is 10.9 Å². The van der Waals surface area contributed by atoms with Crippen LogP contribution in [0.2, 0.25) is 5.02 Å². The Morgan fingerprint density at radius 3 is 2.72 bits per heavy atom. The van der Waals surface area contributed by atoms with Crippen molar-refractivity contribution in [2.75, 3.05) is 0 Å². The van der Waals surface area contributed by atoms with Crippen LogP contribution in [-0.2, 0) is 6.54 Å². The van der Waals surface area contributed by atoms with E-state index in [2.05, 4.69) is 44.7 Å². The highest BCUT2D eigenvalue weighted by Gasteiger charge is 2.14. The van der Waals surface area contributed by atoms with Crippen molar-refractivity contribution in [3.8, 4) is 0 Å². The van der Waals surface area contributed by atoms with Crippen molar-refractivity contribution in [1.82, 2.24) is 19.5 Å². The Balaban J connectivity index is 2.01. The molecular formula is C17H16BrClN4OS. The summed E-state index contributed by atoms with van der Waals surface area (Å²) in [6.07, 6.45) is 5.78. The number of aromatic nitrogens is 4. The molecule has 2 heterocycles. The number of hydrogen-bond acceptors (Lipinski definition) is 5. The van der Waals surface area contributed by atoms with Gasteiger partial charge in [0.15, 0.2) is 0 Å². The van der Waals surface area contributed by atoms with E-state index in [4.69, 9.17) is 11.6 Å². The van der Waals surface area contributed by atoms with Crippen LogP contribution in [0.3, 0.4) is 0 Å². The van der Waals surface area contributed by atoms with E-state index in [0.717, 1.165) is 11.3 Å². The van der Waals surface area contributed by atoms with Gasteiger partial charge in [0.25, 0.3) is 5.56 Å². The molecule has 0 amide bonds. The molecule has 0 spiro atoms. The molecule has 0 radical (unpaired) electrons. The van der Waals surface area contributed by atoms with Crippen LogP contribution in [0, 0.1) is 5.92 Å². The summed E-state index contributed by atoms with van der Waals surface area (Å²) in [5.74, 6) is 0.510. The number of fused-ring (bicyclic) bond motifs is 1. The molecule has 3 rings (SSSR count). The fourth-order valence-electron chi connectivity index (χ4n) is 2.29. The molecule has 130 valence electrons. The Bertz CT molecular complexity index is 959. The third kappa shape index (κ3) is 4.22. The number of rotatable bonds is 5. The standard InChI is InChI=1S/C17H16BrClN4OS/c1-10(2)5-6-23-9-22-11-3-4-12(16(19)15(11)17(23)24)25-14-8-20-13(18)7-21-14/h3-4,7-10H,5-6H2,1-2H3. The molecule has 0 fully saturated rings. The van der Waals surface area contributed by atoms with Crippen LogP contribution in [-0.4, -0.2) is 19.5 Å². The minimum atomic E-state index is -0.111. The van der Waals surface area contributed by atoms with Gasteiger partial charge in [-0.2, -0.15) is 0 Å². The maximum atomic E-state index is 12.8. The lowest BCUT2D eigenvalue weighted by Gasteiger charge is -2.10. The first kappa shape index (κ1) is 18.4. The molecule has 0 aliphatic rings. The Morgan fingerprint density at radius 2 is 2.04 bits per heavy atom. The topological polar surface area (TPSA) is 60.7 Å². The van der Waals surface area contributed by atoms with E-state index in [1.165, 1.54) is 11.8 Å². The molecule has 0 unspecified atom stereocenters. The van der Waals surface area contributed by atoms with Gasteiger partial charge in [0.2, 0.25) is 0 Å². The van der Waals surface area contributed by atoms with Crippen molar-refractivity contribution in [3.05, 3.63) is 50.8 Å². The van der Waals surface area contributed by atoms with Crippen molar-refractivity contribution in [2.24, 2.45) is 5.92 Å². The molecule has 0 N–H and O–H groups in total. The van der Waals surface area contributed by atoms with Crippen LogP contribution in [0.4, 0.5) is 0 Å². The van der Waals surface area contributed by atoms with Crippen LogP contribution in [0.5, 0.6) is 0 Å². The van der Waals surface area contributed by atoms with Crippen molar-refractivity contribution in [3.63, 3.8) is 0 Å². The summed E-state index contributed by atoms with van der Waals surface area (Å²) in [6.45, 7) is 4.88. The van der Waals surface area contributed by atoms with E-state index in [1.807, 2.05) is 12.1 Å². The molecule has 0 atom stereocenters. The number of benzene rings is 1. The fraction of sp³-hybridized carbons (Fsp3) is 0.294. The third-order valence-corrected chi connectivity index (χ3v) is 5.55. The highest BCUT2D eigenvalue weighted by Crippen LogP contribution is 2.35. The second-order valence-electron chi connectivity index (χ2n) is 5.98. The highest BCUT2D eigenvalue weighted by atomic mass is 79.9. The van der Waals surface area contributed by atoms with Gasteiger partial charge in [-0.15, -0.1) is 0 Å². The van der Waals surface area contributed by atoms with E-state index in [9.17, 15) is 4.79 Å². The molecule has 0 bridgehead atoms. The molecule has 0 aliphatic carbocycles. The van der Waals surface area contributed by atoms with Crippen molar-refractivity contribution >= 4 is 50.2 Å². The van der Waals surface area contributed by atoms with Crippen molar-refractivity contribution < 1.29 is 0 Å². The van der Waals surface area contributed by atoms with Gasteiger partial charge < -0.3 is 0 Å². The van der Waals surface area contributed by atoms with E-state index in [0.29, 0.717) is 38.0 Å². The Labute approximate surface area is 163 Å². The molecular weight excluding hydrogens is 424 g/mol. The van der Waals surface area contributed by atoms with Crippen molar-refractivity contribution in [1.29, 1.82) is 0 Å². The summed E-state index contributed by atoms with van der Waals surface area (Å²) in [5, 5.41) is 1.56. The Kier molecular flexibility index (Phi) is 5.76. The summed E-state index contributed by atoms with van der Waals surface area (Å²) in [6, 6.07) is 3.66. The molecule has 1 aromatic carbocycles. The second-order valence-corrected chi connectivity index (χ2v) is 8.23. The number of hydrogen-bond donors (Lipinski definition) is 0. The maximum absolute atomic E-state index is 12.8. The van der Waals surface area contributed by atoms with E-state index in [1.54, 1.807) is 23.3 Å². The molecule has 8 heteroatoms. The first-order chi connectivity index (χ1) is 12.0. The lowest BCUT2D eigenvalue weighted by atomic mass is 10.1. The van der Waals surface area contributed by atoms with E-state index >= 15 is 0 Å². The zero-order valence-corrected chi connectivity index (χ0v) is 16.9. The summed E-state index contributed by atoms with van der Waals surface area (Å²) >= 11 is 11.2. The quantitative estimate of drug-likeness (QED) is 0.571. The largest absolute Gasteiger partial charge is 0.299 e. The van der Waals surface area contributed by atoms with Gasteiger partial charge >= 0.3 is 0 Å². The van der Waals surface area contributed by atoms with Gasteiger partial charge in [-0.25, -0.2) is 15.0 Å². The lowest BCUT2D eigenvalue weighted by molar-refractivity contribution is 0.506. The molecule has 25 heavy (non-hydrogen) atoms. The molecule has 0 saturated heterocycles. The van der Waals surface area contributed by atoms with Gasteiger partial charge in [0.1, 0.15) is 9.63 Å². The van der Waals surface area contributed by atoms with Gasteiger partial charge in [-0.3, -0.25) is 9.36 Å². The van der Waals surface area contributed by atoms with Gasteiger partial charge in [0.05, 0.1) is 34.6 Å². The maximum Gasteiger partial charge on any atom is 0.262 e. The highest BCUT2D eigenvalue weighted by molar-refractivity contribution is 9.10. The van der Waals surface area contributed by atoms with Gasteiger partial charge in [-0.1, -0.05) is 37.2 Å². The van der Waals surface area contributed by atoms with E-state index in [-0.39, 0.29) is 5.56 Å². The molecule has 5 nitrogen and oxygen atoms in total. The van der Waals surface area contributed by atoms with E-state index < -0.39 is 0 Å². The van der Waals surface area contributed by atoms with Crippen LogP contribution in [0.15, 0.2) is 50.2 Å². The average Bonchev–Trinajstić information content (AvgIpc) is 2.58. The second kappa shape index (κ2) is 7.85. The normalized spacial score (nSPS) is 11.4. The predicted molar refractivity (Wildman–Crippen MR) is 104 cm³/mol. The minimum Gasteiger partial charge on any atom is -0.299 e. The number of aryl methyl sites for hydroxylation is 1. The van der Waals surface area contributed by atoms with Gasteiger partial charge in [0, 0.05) is 11.4 Å². The monoisotopic (exact) mass is 438 g/mol. The zero-order valence-electron chi connectivity index (χ0n) is 13.7. The zero-order chi connectivity index (χ0) is 18.0. The lowest BCUT2D eigenvalue weighted by Crippen LogP contribution is -2.21. The molecule has 0 aliphatic heterocycles. The SMILES string of the molecule is CC(C)CCn1cnc2ccc(Sc3cnc(Br)cn3)c(Cl)c2c1=O. The van der Waals surface area contributed by atoms with Crippen LogP contribution < -0.4 is 5.56 Å².